The van der Waals surface area contributed by atoms with E-state index in [2.05, 4.69) is 10.6 Å². The molecule has 1 saturated carbocycles. The van der Waals surface area contributed by atoms with Gasteiger partial charge in [0.05, 0.1) is 21.7 Å². The van der Waals surface area contributed by atoms with E-state index >= 15 is 0 Å². The summed E-state index contributed by atoms with van der Waals surface area (Å²) >= 11 is 6.17. The number of nitrogens with one attached hydrogen (secondary N) is 2. The van der Waals surface area contributed by atoms with Crippen molar-refractivity contribution in [2.75, 3.05) is 11.9 Å². The first-order valence-corrected chi connectivity index (χ1v) is 11.8. The number of anilines is 1. The largest absolute Gasteiger partial charge is 0.356 e. The Bertz CT molecular complexity index is 1090. The van der Waals surface area contributed by atoms with Gasteiger partial charge in [0.15, 0.2) is 0 Å². The molecule has 0 unspecified atom stereocenters. The first-order chi connectivity index (χ1) is 15.6. The number of para-hydroxylation sites is 3. The molecule has 0 aliphatic heterocycles. The maximum atomic E-state index is 12.7. The third-order valence-corrected chi connectivity index (χ3v) is 6.37. The Balaban J connectivity index is 1.39. The zero-order chi connectivity index (χ0) is 22.3. The summed E-state index contributed by atoms with van der Waals surface area (Å²) in [6.45, 7) is 0.764. The van der Waals surface area contributed by atoms with Crippen molar-refractivity contribution < 1.29 is 9.59 Å². The zero-order valence-electron chi connectivity index (χ0n) is 18.1. The summed E-state index contributed by atoms with van der Waals surface area (Å²) in [5.74, 6) is 1.03. The molecule has 6 nitrogen and oxygen atoms in total. The smallest absolute Gasteiger partial charge is 0.244 e. The molecule has 2 N–H and O–H groups in total. The van der Waals surface area contributed by atoms with Crippen LogP contribution in [0.4, 0.5) is 5.69 Å². The SMILES string of the molecule is O=C(Cn1c(CCCNC(=O)C2CCCCC2)nc2ccccc21)Nc1ccccc1Cl. The molecule has 0 spiro atoms. The molecule has 0 radical (unpaired) electrons. The van der Waals surface area contributed by atoms with Gasteiger partial charge in [-0.05, 0) is 43.5 Å². The molecule has 2 aromatic carbocycles. The summed E-state index contributed by atoms with van der Waals surface area (Å²) < 4.78 is 1.95. The van der Waals surface area contributed by atoms with Gasteiger partial charge in [0.1, 0.15) is 12.4 Å². The standard InChI is InChI=1S/C25H29ClN4O2/c26-19-11-4-5-12-20(19)29-24(31)17-30-22-14-7-6-13-21(22)28-23(30)15-8-16-27-25(32)18-9-2-1-3-10-18/h4-7,11-14,18H,1-3,8-10,15-17H2,(H,27,32)(H,29,31). The van der Waals surface area contributed by atoms with Crippen molar-refractivity contribution in [2.45, 2.75) is 51.5 Å². The highest BCUT2D eigenvalue weighted by Gasteiger charge is 2.20. The van der Waals surface area contributed by atoms with Gasteiger partial charge in [-0.3, -0.25) is 9.59 Å². The molecule has 1 aliphatic rings. The van der Waals surface area contributed by atoms with Gasteiger partial charge in [-0.2, -0.15) is 0 Å². The van der Waals surface area contributed by atoms with E-state index in [1.165, 1.54) is 6.42 Å². The number of carbonyl (C=O) groups excluding carboxylic acids is 2. The van der Waals surface area contributed by atoms with E-state index in [1.807, 2.05) is 41.0 Å². The van der Waals surface area contributed by atoms with Crippen molar-refractivity contribution in [3.8, 4) is 0 Å². The van der Waals surface area contributed by atoms with Crippen LogP contribution in [0.5, 0.6) is 0 Å². The first-order valence-electron chi connectivity index (χ1n) is 11.4. The summed E-state index contributed by atoms with van der Waals surface area (Å²) in [5, 5.41) is 6.47. The van der Waals surface area contributed by atoms with E-state index in [0.717, 1.165) is 49.0 Å². The van der Waals surface area contributed by atoms with E-state index in [-0.39, 0.29) is 24.3 Å². The minimum absolute atomic E-state index is 0.148. The molecule has 1 fully saturated rings. The van der Waals surface area contributed by atoms with Crippen LogP contribution in [-0.2, 0) is 22.6 Å². The lowest BCUT2D eigenvalue weighted by Crippen LogP contribution is -2.32. The van der Waals surface area contributed by atoms with Crippen LogP contribution in [0.15, 0.2) is 48.5 Å². The van der Waals surface area contributed by atoms with Gasteiger partial charge < -0.3 is 15.2 Å². The Hall–Kier alpha value is -2.86. The fourth-order valence-electron chi connectivity index (χ4n) is 4.36. The van der Waals surface area contributed by atoms with Crippen LogP contribution in [0.25, 0.3) is 11.0 Å². The van der Waals surface area contributed by atoms with E-state index < -0.39 is 0 Å². The average molecular weight is 453 g/mol. The van der Waals surface area contributed by atoms with Gasteiger partial charge in [-0.25, -0.2) is 4.98 Å². The lowest BCUT2D eigenvalue weighted by molar-refractivity contribution is -0.125. The van der Waals surface area contributed by atoms with Gasteiger partial charge >= 0.3 is 0 Å². The van der Waals surface area contributed by atoms with Crippen LogP contribution in [0, 0.1) is 5.92 Å². The molecule has 4 rings (SSSR count). The summed E-state index contributed by atoms with van der Waals surface area (Å²) in [6, 6.07) is 15.0. The number of aromatic nitrogens is 2. The molecule has 1 aliphatic carbocycles. The molecule has 0 saturated heterocycles. The molecular weight excluding hydrogens is 424 g/mol. The van der Waals surface area contributed by atoms with Crippen LogP contribution < -0.4 is 10.6 Å². The molecule has 3 aromatic rings. The molecule has 7 heteroatoms. The van der Waals surface area contributed by atoms with Crippen LogP contribution >= 0.6 is 11.6 Å². The predicted molar refractivity (Wildman–Crippen MR) is 128 cm³/mol. The molecular formula is C25H29ClN4O2. The maximum Gasteiger partial charge on any atom is 0.244 e. The second-order valence-corrected chi connectivity index (χ2v) is 8.77. The highest BCUT2D eigenvalue weighted by molar-refractivity contribution is 6.33. The number of aryl methyl sites for hydroxylation is 1. The van der Waals surface area contributed by atoms with Crippen LogP contribution in [-0.4, -0.2) is 27.9 Å². The van der Waals surface area contributed by atoms with E-state index in [9.17, 15) is 9.59 Å². The predicted octanol–water partition coefficient (Wildman–Crippen LogP) is 4.96. The summed E-state index contributed by atoms with van der Waals surface area (Å²) in [5.41, 5.74) is 2.37. The highest BCUT2D eigenvalue weighted by atomic mass is 35.5. The number of carbonyl (C=O) groups is 2. The minimum atomic E-state index is -0.159. The maximum absolute atomic E-state index is 12.7. The number of halogens is 1. The van der Waals surface area contributed by atoms with Crippen molar-refractivity contribution in [3.63, 3.8) is 0 Å². The number of fused-ring (bicyclic) bond motifs is 1. The van der Waals surface area contributed by atoms with Gasteiger partial charge in [0, 0.05) is 18.9 Å². The number of nitrogens with zero attached hydrogens (tertiary/aromatic N) is 2. The molecule has 0 atom stereocenters. The van der Waals surface area contributed by atoms with Gasteiger partial charge in [0.2, 0.25) is 11.8 Å². The second kappa shape index (κ2) is 10.6. The van der Waals surface area contributed by atoms with Crippen molar-refractivity contribution >= 4 is 40.1 Å². The topological polar surface area (TPSA) is 76.0 Å². The monoisotopic (exact) mass is 452 g/mol. The quantitative estimate of drug-likeness (QED) is 0.474. The number of hydrogen-bond donors (Lipinski definition) is 2. The summed E-state index contributed by atoms with van der Waals surface area (Å²) in [6.07, 6.45) is 7.00. The second-order valence-electron chi connectivity index (χ2n) is 8.36. The van der Waals surface area contributed by atoms with Gasteiger partial charge in [-0.15, -0.1) is 0 Å². The number of benzene rings is 2. The average Bonchev–Trinajstić information content (AvgIpc) is 3.16. The Labute approximate surface area is 193 Å². The Morgan fingerprint density at radius 3 is 2.59 bits per heavy atom. The normalized spacial score (nSPS) is 14.4. The van der Waals surface area contributed by atoms with Crippen molar-refractivity contribution in [3.05, 3.63) is 59.4 Å². The number of amides is 2. The van der Waals surface area contributed by atoms with Crippen LogP contribution in [0.3, 0.4) is 0 Å². The fraction of sp³-hybridized carbons (Fsp3) is 0.400. The number of imidazole rings is 1. The van der Waals surface area contributed by atoms with Crippen LogP contribution in [0.1, 0.15) is 44.3 Å². The first kappa shape index (κ1) is 22.3. The van der Waals surface area contributed by atoms with E-state index in [1.54, 1.807) is 12.1 Å². The lowest BCUT2D eigenvalue weighted by atomic mass is 9.89. The molecule has 32 heavy (non-hydrogen) atoms. The Morgan fingerprint density at radius 1 is 1.03 bits per heavy atom. The number of rotatable bonds is 8. The van der Waals surface area contributed by atoms with Crippen LogP contribution in [0.2, 0.25) is 5.02 Å². The van der Waals surface area contributed by atoms with Crippen molar-refractivity contribution in [2.24, 2.45) is 5.92 Å². The van der Waals surface area contributed by atoms with E-state index in [4.69, 9.17) is 16.6 Å². The van der Waals surface area contributed by atoms with Gasteiger partial charge in [0.25, 0.3) is 0 Å². The molecule has 168 valence electrons. The summed E-state index contributed by atoms with van der Waals surface area (Å²) in [7, 11) is 0. The van der Waals surface area contributed by atoms with E-state index in [0.29, 0.717) is 23.7 Å². The Morgan fingerprint density at radius 2 is 1.78 bits per heavy atom. The molecule has 1 aromatic heterocycles. The zero-order valence-corrected chi connectivity index (χ0v) is 18.9. The summed E-state index contributed by atoms with van der Waals surface area (Å²) in [4.78, 5) is 29.9. The minimum Gasteiger partial charge on any atom is -0.356 e. The number of hydrogen-bond acceptors (Lipinski definition) is 3. The highest BCUT2D eigenvalue weighted by Crippen LogP contribution is 2.24. The molecule has 1 heterocycles. The molecule has 2 amide bonds. The fourth-order valence-corrected chi connectivity index (χ4v) is 4.54. The van der Waals surface area contributed by atoms with Gasteiger partial charge in [-0.1, -0.05) is 55.1 Å². The molecule has 0 bridgehead atoms. The van der Waals surface area contributed by atoms with Crippen molar-refractivity contribution in [1.29, 1.82) is 0 Å². The third-order valence-electron chi connectivity index (χ3n) is 6.04. The third kappa shape index (κ3) is 5.49. The lowest BCUT2D eigenvalue weighted by Gasteiger charge is -2.20. The van der Waals surface area contributed by atoms with Crippen molar-refractivity contribution in [1.82, 2.24) is 14.9 Å². The Kier molecular flexibility index (Phi) is 7.43.